The summed E-state index contributed by atoms with van der Waals surface area (Å²) in [5.74, 6) is -0.225. The molecule has 2 unspecified atom stereocenters. The maximum absolute atomic E-state index is 12.6. The zero-order chi connectivity index (χ0) is 22.6. The van der Waals surface area contributed by atoms with Gasteiger partial charge in [-0.15, -0.1) is 0 Å². The van der Waals surface area contributed by atoms with Crippen LogP contribution in [0.1, 0.15) is 49.2 Å². The third-order valence-corrected chi connectivity index (χ3v) is 7.68. The number of sulfone groups is 1. The van der Waals surface area contributed by atoms with E-state index in [-0.39, 0.29) is 23.0 Å². The van der Waals surface area contributed by atoms with Crippen molar-refractivity contribution in [2.45, 2.75) is 63.1 Å². The fourth-order valence-electron chi connectivity index (χ4n) is 3.88. The SMILES string of the molecule is CC1CN(Cc2ccccc2CNC(=O)c2ccc(S(=O)(=O)C(C)C)cc2)CC(C)O1. The van der Waals surface area contributed by atoms with Crippen LogP contribution in [0.4, 0.5) is 0 Å². The highest BCUT2D eigenvalue weighted by atomic mass is 32.2. The number of ether oxygens (including phenoxy) is 1. The van der Waals surface area contributed by atoms with Crippen molar-refractivity contribution < 1.29 is 17.9 Å². The van der Waals surface area contributed by atoms with E-state index >= 15 is 0 Å². The van der Waals surface area contributed by atoms with Crippen LogP contribution >= 0.6 is 0 Å². The Morgan fingerprint density at radius 3 is 2.19 bits per heavy atom. The molecule has 0 aromatic heterocycles. The maximum Gasteiger partial charge on any atom is 0.251 e. The van der Waals surface area contributed by atoms with Gasteiger partial charge < -0.3 is 10.1 Å². The van der Waals surface area contributed by atoms with E-state index in [1.807, 2.05) is 18.2 Å². The highest BCUT2D eigenvalue weighted by Gasteiger charge is 2.23. The number of nitrogens with zero attached hydrogens (tertiary/aromatic N) is 1. The summed E-state index contributed by atoms with van der Waals surface area (Å²) >= 11 is 0. The fraction of sp³-hybridized carbons (Fsp3) is 0.458. The van der Waals surface area contributed by atoms with E-state index < -0.39 is 15.1 Å². The molecule has 0 saturated carbocycles. The van der Waals surface area contributed by atoms with E-state index in [4.69, 9.17) is 4.74 Å². The summed E-state index contributed by atoms with van der Waals surface area (Å²) in [5, 5.41) is 2.46. The molecule has 1 heterocycles. The van der Waals surface area contributed by atoms with Gasteiger partial charge in [0.1, 0.15) is 0 Å². The lowest BCUT2D eigenvalue weighted by molar-refractivity contribution is -0.0705. The van der Waals surface area contributed by atoms with Crippen molar-refractivity contribution in [2.75, 3.05) is 13.1 Å². The van der Waals surface area contributed by atoms with Crippen LogP contribution in [0.15, 0.2) is 53.4 Å². The predicted molar refractivity (Wildman–Crippen MR) is 122 cm³/mol. The summed E-state index contributed by atoms with van der Waals surface area (Å²) in [5.41, 5.74) is 2.69. The van der Waals surface area contributed by atoms with Crippen LogP contribution < -0.4 is 5.32 Å². The molecule has 0 spiro atoms. The smallest absolute Gasteiger partial charge is 0.251 e. The summed E-state index contributed by atoms with van der Waals surface area (Å²) < 4.78 is 30.3. The number of rotatable bonds is 7. The number of morpholine rings is 1. The number of amides is 1. The van der Waals surface area contributed by atoms with Gasteiger partial charge in [-0.1, -0.05) is 24.3 Å². The van der Waals surface area contributed by atoms with Crippen LogP contribution in [0, 0.1) is 0 Å². The van der Waals surface area contributed by atoms with Gasteiger partial charge in [0.05, 0.1) is 22.4 Å². The molecule has 1 amide bonds. The second-order valence-electron chi connectivity index (χ2n) is 8.52. The van der Waals surface area contributed by atoms with Gasteiger partial charge in [-0.25, -0.2) is 8.42 Å². The van der Waals surface area contributed by atoms with Crippen molar-refractivity contribution >= 4 is 15.7 Å². The molecule has 0 aliphatic carbocycles. The van der Waals surface area contributed by atoms with Crippen LogP contribution in [0.25, 0.3) is 0 Å². The zero-order valence-electron chi connectivity index (χ0n) is 18.7. The highest BCUT2D eigenvalue weighted by molar-refractivity contribution is 7.92. The molecule has 6 nitrogen and oxygen atoms in total. The maximum atomic E-state index is 12.6. The summed E-state index contributed by atoms with van der Waals surface area (Å²) in [4.78, 5) is 15.2. The Morgan fingerprint density at radius 2 is 1.61 bits per heavy atom. The lowest BCUT2D eigenvalue weighted by Crippen LogP contribution is -2.45. The van der Waals surface area contributed by atoms with E-state index in [1.54, 1.807) is 26.0 Å². The molecule has 2 atom stereocenters. The largest absolute Gasteiger partial charge is 0.373 e. The number of benzene rings is 2. The van der Waals surface area contributed by atoms with Gasteiger partial charge >= 0.3 is 0 Å². The van der Waals surface area contributed by atoms with Crippen molar-refractivity contribution in [1.29, 1.82) is 0 Å². The molecule has 1 aliphatic rings. The van der Waals surface area contributed by atoms with Gasteiger partial charge in [0.25, 0.3) is 5.91 Å². The summed E-state index contributed by atoms with van der Waals surface area (Å²) in [6.07, 6.45) is 0.413. The van der Waals surface area contributed by atoms with Crippen LogP contribution in [0.2, 0.25) is 0 Å². The lowest BCUT2D eigenvalue weighted by Gasteiger charge is -2.35. The van der Waals surface area contributed by atoms with E-state index in [1.165, 1.54) is 17.7 Å². The molecule has 1 fully saturated rings. The van der Waals surface area contributed by atoms with Crippen LogP contribution in [0.5, 0.6) is 0 Å². The number of hydrogen-bond acceptors (Lipinski definition) is 5. The highest BCUT2D eigenvalue weighted by Crippen LogP contribution is 2.18. The average molecular weight is 445 g/mol. The van der Waals surface area contributed by atoms with Gasteiger partial charge in [-0.2, -0.15) is 0 Å². The summed E-state index contributed by atoms with van der Waals surface area (Å²) in [6, 6.07) is 14.2. The molecule has 1 N–H and O–H groups in total. The van der Waals surface area contributed by atoms with Crippen molar-refractivity contribution in [3.63, 3.8) is 0 Å². The quantitative estimate of drug-likeness (QED) is 0.708. The van der Waals surface area contributed by atoms with E-state index in [0.29, 0.717) is 12.1 Å². The molecule has 168 valence electrons. The van der Waals surface area contributed by atoms with Gasteiger partial charge in [-0.05, 0) is 63.1 Å². The van der Waals surface area contributed by atoms with Crippen LogP contribution in [0.3, 0.4) is 0 Å². The first-order valence-electron chi connectivity index (χ1n) is 10.7. The Hall–Kier alpha value is -2.22. The Bertz CT molecular complexity index is 992. The monoisotopic (exact) mass is 444 g/mol. The Morgan fingerprint density at radius 1 is 1.03 bits per heavy atom. The normalized spacial score (nSPS) is 20.0. The Kier molecular flexibility index (Phi) is 7.51. The van der Waals surface area contributed by atoms with Gasteiger partial charge in [0.15, 0.2) is 9.84 Å². The van der Waals surface area contributed by atoms with E-state index in [2.05, 4.69) is 30.1 Å². The van der Waals surface area contributed by atoms with Crippen molar-refractivity contribution in [2.24, 2.45) is 0 Å². The first-order chi connectivity index (χ1) is 14.7. The minimum atomic E-state index is -3.35. The number of carbonyl (C=O) groups is 1. The molecule has 0 radical (unpaired) electrons. The van der Waals surface area contributed by atoms with Crippen molar-refractivity contribution in [1.82, 2.24) is 10.2 Å². The Balaban J connectivity index is 1.64. The standard InChI is InChI=1S/C24H32N2O4S/c1-17(2)31(28,29)23-11-9-20(10-12-23)24(27)25-13-21-7-5-6-8-22(21)16-26-14-18(3)30-19(4)15-26/h5-12,17-19H,13-16H2,1-4H3,(H,25,27). The van der Waals surface area contributed by atoms with E-state index in [0.717, 1.165) is 25.2 Å². The number of carbonyl (C=O) groups excluding carboxylic acids is 1. The molecular weight excluding hydrogens is 412 g/mol. The second-order valence-corrected chi connectivity index (χ2v) is 11.0. The molecule has 1 aliphatic heterocycles. The molecular formula is C24H32N2O4S. The van der Waals surface area contributed by atoms with Gasteiger partial charge in [0.2, 0.25) is 0 Å². The zero-order valence-corrected chi connectivity index (χ0v) is 19.5. The second kappa shape index (κ2) is 9.94. The molecule has 3 rings (SSSR count). The van der Waals surface area contributed by atoms with Crippen LogP contribution in [-0.4, -0.2) is 49.8 Å². The molecule has 31 heavy (non-hydrogen) atoms. The Labute approximate surface area is 185 Å². The molecule has 0 bridgehead atoms. The van der Waals surface area contributed by atoms with E-state index in [9.17, 15) is 13.2 Å². The van der Waals surface area contributed by atoms with Crippen molar-refractivity contribution in [3.8, 4) is 0 Å². The van der Waals surface area contributed by atoms with Crippen LogP contribution in [-0.2, 0) is 27.7 Å². The minimum absolute atomic E-state index is 0.207. The summed E-state index contributed by atoms with van der Waals surface area (Å²) in [7, 11) is -3.35. The fourth-order valence-corrected chi connectivity index (χ4v) is 4.94. The van der Waals surface area contributed by atoms with Gasteiger partial charge in [-0.3, -0.25) is 9.69 Å². The first-order valence-corrected chi connectivity index (χ1v) is 12.3. The third-order valence-electron chi connectivity index (χ3n) is 5.51. The molecule has 1 saturated heterocycles. The molecule has 2 aromatic carbocycles. The minimum Gasteiger partial charge on any atom is -0.373 e. The number of nitrogens with one attached hydrogen (secondary N) is 1. The molecule has 7 heteroatoms. The predicted octanol–water partition coefficient (Wildman–Crippen LogP) is 3.41. The lowest BCUT2D eigenvalue weighted by atomic mass is 10.1. The van der Waals surface area contributed by atoms with Crippen molar-refractivity contribution in [3.05, 3.63) is 65.2 Å². The topological polar surface area (TPSA) is 75.7 Å². The third kappa shape index (κ3) is 5.93. The number of hydrogen-bond donors (Lipinski definition) is 1. The summed E-state index contributed by atoms with van der Waals surface area (Å²) in [6.45, 7) is 10.5. The molecule has 2 aromatic rings. The first kappa shape index (κ1) is 23.4. The average Bonchev–Trinajstić information content (AvgIpc) is 2.72. The van der Waals surface area contributed by atoms with Gasteiger partial charge in [0, 0.05) is 31.7 Å².